The maximum absolute atomic E-state index is 4.58. The molecule has 1 unspecified atom stereocenters. The molecule has 0 N–H and O–H groups in total. The maximum Gasteiger partial charge on any atom is 0.0359 e. The molecule has 0 aliphatic carbocycles. The SMILES string of the molecule is C=C/C(C(=C)/C(C)=C/C=C(C)C)=C(SC)/C(=C(C)/C=C(/C)S)c1ccc(C(CC)CCCC)s1.CCC. The topological polar surface area (TPSA) is 0 Å². The fraction of sp³-hybridized carbons (Fsp3) is 0.471. The minimum Gasteiger partial charge on any atom is -0.148 e. The monoisotopic (exact) mass is 556 g/mol. The van der Waals surface area contributed by atoms with Gasteiger partial charge in [-0.25, -0.2) is 0 Å². The molecule has 1 rings (SSSR count). The van der Waals surface area contributed by atoms with E-state index in [1.54, 1.807) is 11.8 Å². The van der Waals surface area contributed by atoms with Crippen LogP contribution in [0.4, 0.5) is 0 Å². The van der Waals surface area contributed by atoms with Gasteiger partial charge in [0.05, 0.1) is 0 Å². The van der Waals surface area contributed by atoms with Crippen molar-refractivity contribution in [2.45, 2.75) is 100 Å². The number of hydrogen-bond donors (Lipinski definition) is 1. The molecule has 0 saturated heterocycles. The van der Waals surface area contributed by atoms with Crippen molar-refractivity contribution < 1.29 is 0 Å². The standard InChI is InChI=1S/C31H44S3.C3H8/c1-11-14-15-26(12-2)28-18-19-29(34-28)30(23(7)20-24(8)32)31(33-10)27(13-3)25(9)22(6)17-16-21(4)5;1-3-2/h13,16-20,26,32H,3,9,11-12,14-15H2,1-2,4-8,10H3;3H2,1-2H3/b22-17+,24-20-,30-23+,31-27+;. The highest BCUT2D eigenvalue weighted by Crippen LogP contribution is 2.43. The first kappa shape index (κ1) is 35.6. The molecule has 37 heavy (non-hydrogen) atoms. The molecule has 3 heteroatoms. The highest BCUT2D eigenvalue weighted by Gasteiger charge is 2.20. The quantitative estimate of drug-likeness (QED) is 0.186. The second-order valence-electron chi connectivity index (χ2n) is 9.72. The molecule has 0 fully saturated rings. The molecule has 0 radical (unpaired) electrons. The average Bonchev–Trinajstić information content (AvgIpc) is 3.31. The summed E-state index contributed by atoms with van der Waals surface area (Å²) in [4.78, 5) is 5.00. The molecule has 0 bridgehead atoms. The summed E-state index contributed by atoms with van der Waals surface area (Å²) in [6.45, 7) is 28.0. The van der Waals surface area contributed by atoms with E-state index < -0.39 is 0 Å². The molecule has 0 nitrogen and oxygen atoms in total. The van der Waals surface area contributed by atoms with E-state index in [2.05, 4.69) is 118 Å². The van der Waals surface area contributed by atoms with Crippen LogP contribution in [-0.4, -0.2) is 6.26 Å². The van der Waals surface area contributed by atoms with Crippen molar-refractivity contribution in [2.75, 3.05) is 6.26 Å². The Balaban J connectivity index is 0.00000410. The Labute approximate surface area is 243 Å². The second-order valence-corrected chi connectivity index (χ2v) is 12.4. The first-order valence-electron chi connectivity index (χ1n) is 13.6. The Hall–Kier alpha value is -1.42. The van der Waals surface area contributed by atoms with Crippen molar-refractivity contribution in [2.24, 2.45) is 0 Å². The van der Waals surface area contributed by atoms with Crippen LogP contribution in [0.3, 0.4) is 0 Å². The molecule has 0 spiro atoms. The van der Waals surface area contributed by atoms with Crippen LogP contribution >= 0.6 is 35.7 Å². The second kappa shape index (κ2) is 19.6. The van der Waals surface area contributed by atoms with Gasteiger partial charge in [-0.1, -0.05) is 83.9 Å². The van der Waals surface area contributed by atoms with Crippen LogP contribution in [0.15, 0.2) is 87.3 Å². The zero-order chi connectivity index (χ0) is 28.5. The van der Waals surface area contributed by atoms with Crippen LogP contribution < -0.4 is 0 Å². The number of thiol groups is 1. The molecule has 1 aromatic rings. The van der Waals surface area contributed by atoms with Gasteiger partial charge in [0.2, 0.25) is 0 Å². The molecule has 0 aliphatic rings. The van der Waals surface area contributed by atoms with E-state index in [4.69, 9.17) is 0 Å². The Bertz CT molecular complexity index is 1010. The van der Waals surface area contributed by atoms with E-state index in [9.17, 15) is 0 Å². The van der Waals surface area contributed by atoms with Crippen LogP contribution in [0.1, 0.15) is 110 Å². The lowest BCUT2D eigenvalue weighted by molar-refractivity contribution is 0.577. The van der Waals surface area contributed by atoms with Gasteiger partial charge in [0.1, 0.15) is 0 Å². The van der Waals surface area contributed by atoms with Crippen LogP contribution in [0, 0.1) is 0 Å². The summed E-state index contributed by atoms with van der Waals surface area (Å²) in [5.41, 5.74) is 7.00. The largest absolute Gasteiger partial charge is 0.148 e. The fourth-order valence-electron chi connectivity index (χ4n) is 3.88. The van der Waals surface area contributed by atoms with Crippen molar-refractivity contribution in [3.8, 4) is 0 Å². The van der Waals surface area contributed by atoms with Gasteiger partial charge in [-0.05, 0) is 105 Å². The third-order valence-electron chi connectivity index (χ3n) is 5.84. The van der Waals surface area contributed by atoms with Gasteiger partial charge in [0, 0.05) is 20.2 Å². The Morgan fingerprint density at radius 1 is 1.05 bits per heavy atom. The Morgan fingerprint density at radius 3 is 2.14 bits per heavy atom. The lowest BCUT2D eigenvalue weighted by atomic mass is 9.95. The van der Waals surface area contributed by atoms with E-state index in [1.807, 2.05) is 24.3 Å². The summed E-state index contributed by atoms with van der Waals surface area (Å²) in [6.07, 6.45) is 16.8. The maximum atomic E-state index is 4.58. The molecular formula is C34H52S3. The molecule has 1 heterocycles. The summed E-state index contributed by atoms with van der Waals surface area (Å²) >= 11 is 8.29. The number of hydrogen-bond acceptors (Lipinski definition) is 3. The molecule has 0 aliphatic heterocycles. The van der Waals surface area contributed by atoms with Gasteiger partial charge in [-0.15, -0.1) is 35.7 Å². The lowest BCUT2D eigenvalue weighted by Crippen LogP contribution is -1.97. The van der Waals surface area contributed by atoms with Crippen molar-refractivity contribution >= 4 is 41.3 Å². The third-order valence-corrected chi connectivity index (χ3v) is 8.07. The van der Waals surface area contributed by atoms with Crippen molar-refractivity contribution in [1.82, 2.24) is 0 Å². The molecular weight excluding hydrogens is 505 g/mol. The Morgan fingerprint density at radius 2 is 1.68 bits per heavy atom. The summed E-state index contributed by atoms with van der Waals surface area (Å²) in [7, 11) is 0. The third kappa shape index (κ3) is 12.3. The number of unbranched alkanes of at least 4 members (excludes halogenated alkanes) is 1. The molecule has 0 amide bonds. The minimum absolute atomic E-state index is 0.632. The molecule has 206 valence electrons. The zero-order valence-corrected chi connectivity index (χ0v) is 27.8. The first-order chi connectivity index (χ1) is 17.5. The van der Waals surface area contributed by atoms with Crippen molar-refractivity contribution in [1.29, 1.82) is 0 Å². The zero-order valence-electron chi connectivity index (χ0n) is 25.3. The lowest BCUT2D eigenvalue weighted by Gasteiger charge is -2.18. The van der Waals surface area contributed by atoms with Gasteiger partial charge in [0.25, 0.3) is 0 Å². The van der Waals surface area contributed by atoms with E-state index in [1.165, 1.54) is 63.5 Å². The summed E-state index contributed by atoms with van der Waals surface area (Å²) < 4.78 is 0. The summed E-state index contributed by atoms with van der Waals surface area (Å²) in [5.74, 6) is 0.632. The Kier molecular flexibility index (Phi) is 18.9. The van der Waals surface area contributed by atoms with Gasteiger partial charge in [0.15, 0.2) is 0 Å². The number of thiophene rings is 1. The number of thioether (sulfide) groups is 1. The van der Waals surface area contributed by atoms with Crippen LogP contribution in [-0.2, 0) is 0 Å². The van der Waals surface area contributed by atoms with Gasteiger partial charge >= 0.3 is 0 Å². The van der Waals surface area contributed by atoms with E-state index in [0.29, 0.717) is 5.92 Å². The van der Waals surface area contributed by atoms with Crippen LogP contribution in [0.5, 0.6) is 0 Å². The molecule has 0 saturated carbocycles. The molecule has 1 aromatic heterocycles. The van der Waals surface area contributed by atoms with Crippen LogP contribution in [0.25, 0.3) is 5.57 Å². The van der Waals surface area contributed by atoms with E-state index in [-0.39, 0.29) is 0 Å². The number of allylic oxidation sites excluding steroid dienone is 11. The van der Waals surface area contributed by atoms with Crippen molar-refractivity contribution in [3.05, 3.63) is 97.0 Å². The van der Waals surface area contributed by atoms with E-state index >= 15 is 0 Å². The first-order valence-corrected chi connectivity index (χ1v) is 16.1. The normalized spacial score (nSPS) is 14.1. The predicted octanol–water partition coefficient (Wildman–Crippen LogP) is 12.7. The fourth-order valence-corrected chi connectivity index (χ4v) is 6.38. The summed E-state index contributed by atoms with van der Waals surface area (Å²) in [6, 6.07) is 4.65. The molecule has 1 atom stereocenters. The van der Waals surface area contributed by atoms with Gasteiger partial charge < -0.3 is 0 Å². The van der Waals surface area contributed by atoms with Gasteiger partial charge in [-0.2, -0.15) is 0 Å². The van der Waals surface area contributed by atoms with E-state index in [0.717, 1.165) is 21.6 Å². The predicted molar refractivity (Wildman–Crippen MR) is 181 cm³/mol. The summed E-state index contributed by atoms with van der Waals surface area (Å²) in [5, 5.41) is 0. The van der Waals surface area contributed by atoms with Crippen molar-refractivity contribution in [3.63, 3.8) is 0 Å². The van der Waals surface area contributed by atoms with Crippen LogP contribution in [0.2, 0.25) is 0 Å². The highest BCUT2D eigenvalue weighted by molar-refractivity contribution is 8.03. The van der Waals surface area contributed by atoms with Gasteiger partial charge in [-0.3, -0.25) is 0 Å². The molecule has 0 aromatic carbocycles. The smallest absolute Gasteiger partial charge is 0.0359 e. The number of rotatable bonds is 13. The highest BCUT2D eigenvalue weighted by atomic mass is 32.2. The average molecular weight is 557 g/mol. The minimum atomic E-state index is 0.632.